The predicted molar refractivity (Wildman–Crippen MR) is 137 cm³/mol. The average Bonchev–Trinajstić information content (AvgIpc) is 3.24. The maximum Gasteiger partial charge on any atom is 0.231 e. The summed E-state index contributed by atoms with van der Waals surface area (Å²) in [6.45, 7) is 4.81. The van der Waals surface area contributed by atoms with Gasteiger partial charge in [0.1, 0.15) is 18.2 Å². The van der Waals surface area contributed by atoms with Crippen molar-refractivity contribution in [3.8, 4) is 23.0 Å². The maximum atomic E-state index is 13.3. The molecule has 4 aliphatic heterocycles. The molecule has 0 saturated carbocycles. The molecular weight excluding hydrogens is 456 g/mol. The first-order valence-corrected chi connectivity index (χ1v) is 13.1. The van der Waals surface area contributed by atoms with Crippen LogP contribution >= 0.6 is 0 Å². The van der Waals surface area contributed by atoms with Crippen LogP contribution in [0.4, 0.5) is 0 Å². The van der Waals surface area contributed by atoms with Gasteiger partial charge in [-0.3, -0.25) is 9.69 Å². The molecule has 7 nitrogen and oxygen atoms in total. The second-order valence-corrected chi connectivity index (χ2v) is 10.2. The van der Waals surface area contributed by atoms with Gasteiger partial charge in [-0.05, 0) is 69.0 Å². The number of allylic oxidation sites excluding steroid dienone is 1. The summed E-state index contributed by atoms with van der Waals surface area (Å²) in [6.07, 6.45) is 8.27. The number of para-hydroxylation sites is 1. The summed E-state index contributed by atoms with van der Waals surface area (Å²) >= 11 is 0. The largest absolute Gasteiger partial charge is 0.493 e. The lowest BCUT2D eigenvalue weighted by Gasteiger charge is -2.46. The van der Waals surface area contributed by atoms with Gasteiger partial charge in [0.25, 0.3) is 0 Å². The van der Waals surface area contributed by atoms with Gasteiger partial charge in [0.2, 0.25) is 5.78 Å². The Hall–Kier alpha value is -3.03. The van der Waals surface area contributed by atoms with E-state index >= 15 is 0 Å². The Kier molecular flexibility index (Phi) is 6.36. The minimum atomic E-state index is -0.125. The predicted octanol–water partition coefficient (Wildman–Crippen LogP) is 4.74. The summed E-state index contributed by atoms with van der Waals surface area (Å²) in [5.74, 6) is 3.43. The molecule has 2 atom stereocenters. The molecule has 7 heteroatoms. The van der Waals surface area contributed by atoms with Gasteiger partial charge in [-0.1, -0.05) is 18.6 Å². The van der Waals surface area contributed by atoms with Crippen LogP contribution in [0.1, 0.15) is 53.6 Å². The summed E-state index contributed by atoms with van der Waals surface area (Å²) in [6, 6.07) is 10.00. The lowest BCUT2D eigenvalue weighted by molar-refractivity contribution is 0.0141. The highest BCUT2D eigenvalue weighted by atomic mass is 16.5. The molecule has 2 fully saturated rings. The number of Topliss-reactive ketones (excluding diaryl/α,β-unsaturated/α-hetero) is 1. The topological polar surface area (TPSA) is 60.5 Å². The first-order valence-electron chi connectivity index (χ1n) is 13.1. The van der Waals surface area contributed by atoms with E-state index in [0.717, 1.165) is 30.0 Å². The molecule has 0 radical (unpaired) electrons. The van der Waals surface area contributed by atoms with E-state index in [9.17, 15) is 4.79 Å². The van der Waals surface area contributed by atoms with Crippen molar-refractivity contribution in [1.82, 2.24) is 9.80 Å². The SMILES string of the molecule is COc1cccc(C=C2Oc3c(ccc4c3CN(C[C@@H]3CCCN5CCCC[C@H]35)CO4)C2=O)c1OC. The van der Waals surface area contributed by atoms with Crippen LogP contribution in [0, 0.1) is 5.92 Å². The van der Waals surface area contributed by atoms with Gasteiger partial charge >= 0.3 is 0 Å². The normalized spacial score (nSPS) is 24.9. The van der Waals surface area contributed by atoms with Gasteiger partial charge < -0.3 is 23.8 Å². The number of rotatable bonds is 5. The van der Waals surface area contributed by atoms with E-state index in [2.05, 4.69) is 9.80 Å². The van der Waals surface area contributed by atoms with Crippen LogP contribution in [0.2, 0.25) is 0 Å². The highest BCUT2D eigenvalue weighted by Gasteiger charge is 2.37. The number of piperidine rings is 2. The smallest absolute Gasteiger partial charge is 0.231 e. The Bertz CT molecular complexity index is 1190. The number of methoxy groups -OCH3 is 2. The molecule has 190 valence electrons. The molecule has 0 amide bonds. The Labute approximate surface area is 212 Å². The molecule has 36 heavy (non-hydrogen) atoms. The fraction of sp³-hybridized carbons (Fsp3) is 0.483. The number of ketones is 1. The number of hydrogen-bond donors (Lipinski definition) is 0. The molecule has 6 rings (SSSR count). The molecule has 0 spiro atoms. The van der Waals surface area contributed by atoms with Gasteiger partial charge in [0.05, 0.1) is 25.3 Å². The van der Waals surface area contributed by atoms with E-state index in [0.29, 0.717) is 41.5 Å². The van der Waals surface area contributed by atoms with E-state index in [1.807, 2.05) is 30.3 Å². The first-order chi connectivity index (χ1) is 17.7. The third-order valence-corrected chi connectivity index (χ3v) is 8.12. The van der Waals surface area contributed by atoms with Crippen molar-refractivity contribution in [2.75, 3.05) is 40.6 Å². The summed E-state index contributed by atoms with van der Waals surface area (Å²) in [5, 5.41) is 0. The van der Waals surface area contributed by atoms with Crippen molar-refractivity contribution in [1.29, 1.82) is 0 Å². The number of hydrogen-bond acceptors (Lipinski definition) is 7. The molecule has 0 unspecified atom stereocenters. The minimum Gasteiger partial charge on any atom is -0.493 e. The van der Waals surface area contributed by atoms with E-state index in [-0.39, 0.29) is 11.5 Å². The Balaban J connectivity index is 1.24. The van der Waals surface area contributed by atoms with E-state index in [4.69, 9.17) is 18.9 Å². The third kappa shape index (κ3) is 4.14. The van der Waals surface area contributed by atoms with Crippen LogP contribution in [-0.2, 0) is 6.54 Å². The summed E-state index contributed by atoms with van der Waals surface area (Å²) in [5.41, 5.74) is 2.28. The molecule has 0 bridgehead atoms. The number of carbonyl (C=O) groups excluding carboxylic acids is 1. The number of ether oxygens (including phenoxy) is 4. The van der Waals surface area contributed by atoms with Crippen molar-refractivity contribution in [3.63, 3.8) is 0 Å². The van der Waals surface area contributed by atoms with Crippen molar-refractivity contribution in [2.24, 2.45) is 5.92 Å². The van der Waals surface area contributed by atoms with E-state index in [1.165, 1.54) is 45.2 Å². The van der Waals surface area contributed by atoms with Gasteiger partial charge in [0.15, 0.2) is 17.3 Å². The second kappa shape index (κ2) is 9.79. The van der Waals surface area contributed by atoms with Gasteiger partial charge in [0, 0.05) is 24.7 Å². The quantitative estimate of drug-likeness (QED) is 0.561. The van der Waals surface area contributed by atoms with Crippen molar-refractivity contribution < 1.29 is 23.7 Å². The molecule has 4 aliphatic rings. The lowest BCUT2D eigenvalue weighted by atomic mass is 9.83. The Morgan fingerprint density at radius 2 is 1.94 bits per heavy atom. The van der Waals surface area contributed by atoms with Crippen LogP contribution in [0.5, 0.6) is 23.0 Å². The number of carbonyl (C=O) groups is 1. The van der Waals surface area contributed by atoms with Gasteiger partial charge in [-0.25, -0.2) is 0 Å². The van der Waals surface area contributed by atoms with Crippen LogP contribution in [0.3, 0.4) is 0 Å². The zero-order valence-corrected chi connectivity index (χ0v) is 21.1. The van der Waals surface area contributed by atoms with Crippen molar-refractivity contribution in [3.05, 3.63) is 52.8 Å². The van der Waals surface area contributed by atoms with Crippen molar-refractivity contribution in [2.45, 2.75) is 44.7 Å². The van der Waals surface area contributed by atoms with Crippen LogP contribution in [0.25, 0.3) is 6.08 Å². The van der Waals surface area contributed by atoms with Gasteiger partial charge in [-0.15, -0.1) is 0 Å². The summed E-state index contributed by atoms with van der Waals surface area (Å²) < 4.78 is 23.3. The Morgan fingerprint density at radius 3 is 2.81 bits per heavy atom. The highest BCUT2D eigenvalue weighted by molar-refractivity contribution is 6.15. The maximum absolute atomic E-state index is 13.3. The van der Waals surface area contributed by atoms with E-state index < -0.39 is 0 Å². The zero-order chi connectivity index (χ0) is 24.6. The molecule has 0 N–H and O–H groups in total. The molecule has 4 heterocycles. The molecule has 2 saturated heterocycles. The lowest BCUT2D eigenvalue weighted by Crippen LogP contribution is -2.51. The third-order valence-electron chi connectivity index (χ3n) is 8.12. The zero-order valence-electron chi connectivity index (χ0n) is 21.1. The molecule has 2 aromatic rings. The fourth-order valence-electron chi connectivity index (χ4n) is 6.41. The Morgan fingerprint density at radius 1 is 1.06 bits per heavy atom. The summed E-state index contributed by atoms with van der Waals surface area (Å²) in [4.78, 5) is 18.4. The number of benzene rings is 2. The average molecular weight is 491 g/mol. The molecule has 0 aromatic heterocycles. The monoisotopic (exact) mass is 490 g/mol. The molecular formula is C29H34N2O5. The van der Waals surface area contributed by atoms with Crippen LogP contribution < -0.4 is 18.9 Å². The standard InChI is InChI=1S/C29H34N2O5/c1-33-25-10-5-7-19(28(25)34-2)15-26-27(32)21-11-12-24-22(29(21)36-26)17-30(18-35-24)16-20-8-6-14-31-13-4-3-9-23(20)31/h5,7,10-12,15,20,23H,3-4,6,8-9,13-14,16-18H2,1-2H3/t20-,23+/m0/s1. The number of fused-ring (bicyclic) bond motifs is 4. The fourth-order valence-corrected chi connectivity index (χ4v) is 6.41. The molecule has 2 aromatic carbocycles. The van der Waals surface area contributed by atoms with Crippen LogP contribution in [-0.4, -0.2) is 62.2 Å². The van der Waals surface area contributed by atoms with Crippen LogP contribution in [0.15, 0.2) is 36.1 Å². The van der Waals surface area contributed by atoms with E-state index in [1.54, 1.807) is 20.3 Å². The van der Waals surface area contributed by atoms with Gasteiger partial charge in [-0.2, -0.15) is 0 Å². The second-order valence-electron chi connectivity index (χ2n) is 10.2. The first kappa shape index (κ1) is 23.4. The highest BCUT2D eigenvalue weighted by Crippen LogP contribution is 2.43. The summed E-state index contributed by atoms with van der Waals surface area (Å²) in [7, 11) is 3.19. The molecule has 0 aliphatic carbocycles. The van der Waals surface area contributed by atoms with Crippen molar-refractivity contribution >= 4 is 11.9 Å². The minimum absolute atomic E-state index is 0.125. The number of nitrogens with zero attached hydrogens (tertiary/aromatic N) is 2.